The molecule has 4 aromatic rings. The van der Waals surface area contributed by atoms with Crippen LogP contribution in [-0.4, -0.2) is 39.1 Å². The highest BCUT2D eigenvalue weighted by Gasteiger charge is 2.20. The minimum atomic E-state index is -3.53. The van der Waals surface area contributed by atoms with Crippen molar-refractivity contribution in [3.05, 3.63) is 66.4 Å². The van der Waals surface area contributed by atoms with Gasteiger partial charge in [-0.15, -0.1) is 0 Å². The number of anilines is 4. The summed E-state index contributed by atoms with van der Waals surface area (Å²) < 4.78 is 53.9. The van der Waals surface area contributed by atoms with Crippen LogP contribution in [0.1, 0.15) is 18.9 Å². The molecule has 2 N–H and O–H groups in total. The quantitative estimate of drug-likeness (QED) is 0.394. The van der Waals surface area contributed by atoms with Crippen LogP contribution in [0.4, 0.5) is 31.9 Å². The number of halogens is 2. The Labute approximate surface area is 188 Å². The SMILES string of the molecule is CCCS(=O)(=O)Cc1ccc(F)c(Nc2ncnc3cnc(Nc4ccncc4)nc23)c1F. The number of rotatable bonds is 8. The van der Waals surface area contributed by atoms with Gasteiger partial charge in [0.1, 0.15) is 28.9 Å². The minimum Gasteiger partial charge on any atom is -0.333 e. The van der Waals surface area contributed by atoms with Gasteiger partial charge in [0.2, 0.25) is 5.95 Å². The average molecular weight is 471 g/mol. The lowest BCUT2D eigenvalue weighted by molar-refractivity contribution is 0.574. The Balaban J connectivity index is 1.70. The van der Waals surface area contributed by atoms with Crippen molar-refractivity contribution in [2.75, 3.05) is 16.4 Å². The number of hydrogen-bond acceptors (Lipinski definition) is 9. The van der Waals surface area contributed by atoms with Crippen LogP contribution in [0.5, 0.6) is 0 Å². The smallest absolute Gasteiger partial charge is 0.227 e. The van der Waals surface area contributed by atoms with Gasteiger partial charge in [-0.2, -0.15) is 0 Å². The second-order valence-corrected chi connectivity index (χ2v) is 9.31. The number of pyridine rings is 1. The summed E-state index contributed by atoms with van der Waals surface area (Å²) in [6.45, 7) is 1.71. The zero-order valence-corrected chi connectivity index (χ0v) is 18.3. The standard InChI is InChI=1S/C21H19F2N7O2S/c1-2-9-33(31,32)11-13-3-4-15(22)18(17(13)23)29-20-19-16(26-12-27-20)10-25-21(30-19)28-14-5-7-24-8-6-14/h3-8,10,12H,2,9,11H2,1H3,(H,26,27,29)(H,24,25,28,30). The van der Waals surface area contributed by atoms with Crippen molar-refractivity contribution in [1.29, 1.82) is 0 Å². The van der Waals surface area contributed by atoms with Crippen molar-refractivity contribution in [1.82, 2.24) is 24.9 Å². The first kappa shape index (κ1) is 22.4. The van der Waals surface area contributed by atoms with Gasteiger partial charge >= 0.3 is 0 Å². The van der Waals surface area contributed by atoms with Gasteiger partial charge in [-0.25, -0.2) is 37.1 Å². The second-order valence-electron chi connectivity index (χ2n) is 7.12. The molecule has 0 unspecified atom stereocenters. The Morgan fingerprint density at radius 3 is 2.55 bits per heavy atom. The molecule has 0 radical (unpaired) electrons. The lowest BCUT2D eigenvalue weighted by Gasteiger charge is -2.13. The van der Waals surface area contributed by atoms with Gasteiger partial charge in [0.25, 0.3) is 0 Å². The number of benzene rings is 1. The molecule has 0 atom stereocenters. The van der Waals surface area contributed by atoms with Crippen molar-refractivity contribution >= 4 is 44.0 Å². The number of aromatic nitrogens is 5. The summed E-state index contributed by atoms with van der Waals surface area (Å²) in [4.78, 5) is 20.6. The van der Waals surface area contributed by atoms with E-state index in [-0.39, 0.29) is 28.6 Å². The highest BCUT2D eigenvalue weighted by Crippen LogP contribution is 2.29. The molecular formula is C21H19F2N7O2S. The largest absolute Gasteiger partial charge is 0.333 e. The third-order valence-electron chi connectivity index (χ3n) is 4.62. The van der Waals surface area contributed by atoms with Crippen molar-refractivity contribution in [3.8, 4) is 0 Å². The summed E-state index contributed by atoms with van der Waals surface area (Å²) in [6, 6.07) is 5.57. The molecule has 0 aliphatic rings. The maximum Gasteiger partial charge on any atom is 0.227 e. The Bertz CT molecular complexity index is 1400. The number of hydrogen-bond donors (Lipinski definition) is 2. The molecule has 3 heterocycles. The minimum absolute atomic E-state index is 0.0338. The molecule has 0 bridgehead atoms. The van der Waals surface area contributed by atoms with E-state index in [9.17, 15) is 12.8 Å². The first-order valence-corrected chi connectivity index (χ1v) is 11.8. The third kappa shape index (κ3) is 5.17. The first-order valence-electron chi connectivity index (χ1n) is 9.95. The van der Waals surface area contributed by atoms with Crippen LogP contribution in [0.3, 0.4) is 0 Å². The van der Waals surface area contributed by atoms with Gasteiger partial charge in [0.05, 0.1) is 17.7 Å². The van der Waals surface area contributed by atoms with Gasteiger partial charge < -0.3 is 10.6 Å². The van der Waals surface area contributed by atoms with E-state index in [1.165, 1.54) is 12.5 Å². The summed E-state index contributed by atoms with van der Waals surface area (Å²) in [5.74, 6) is -2.29. The fraction of sp³-hybridized carbons (Fsp3) is 0.190. The van der Waals surface area contributed by atoms with Gasteiger partial charge in [-0.1, -0.05) is 13.0 Å². The monoisotopic (exact) mass is 471 g/mol. The molecule has 12 heteroatoms. The van der Waals surface area contributed by atoms with Crippen LogP contribution >= 0.6 is 0 Å². The maximum atomic E-state index is 15.1. The number of nitrogens with zero attached hydrogens (tertiary/aromatic N) is 5. The molecule has 0 fully saturated rings. The molecule has 0 aliphatic carbocycles. The van der Waals surface area contributed by atoms with E-state index >= 15 is 4.39 Å². The van der Waals surface area contributed by atoms with Crippen LogP contribution in [-0.2, 0) is 15.6 Å². The lowest BCUT2D eigenvalue weighted by Crippen LogP contribution is -2.11. The molecule has 3 aromatic heterocycles. The van der Waals surface area contributed by atoms with Crippen molar-refractivity contribution in [2.45, 2.75) is 19.1 Å². The topological polar surface area (TPSA) is 123 Å². The molecule has 1 aromatic carbocycles. The molecule has 9 nitrogen and oxygen atoms in total. The first-order chi connectivity index (χ1) is 15.9. The van der Waals surface area contributed by atoms with Crippen LogP contribution in [0.15, 0.2) is 49.2 Å². The van der Waals surface area contributed by atoms with Gasteiger partial charge in [0, 0.05) is 23.6 Å². The molecule has 0 amide bonds. The normalized spacial score (nSPS) is 11.5. The summed E-state index contributed by atoms with van der Waals surface area (Å²) in [5, 5.41) is 5.61. The molecule has 0 saturated carbocycles. The van der Waals surface area contributed by atoms with Crippen LogP contribution < -0.4 is 10.6 Å². The molecule has 0 spiro atoms. The molecule has 4 rings (SSSR count). The van der Waals surface area contributed by atoms with Crippen LogP contribution in [0, 0.1) is 11.6 Å². The zero-order chi connectivity index (χ0) is 23.4. The zero-order valence-electron chi connectivity index (χ0n) is 17.5. The maximum absolute atomic E-state index is 15.1. The van der Waals surface area contributed by atoms with E-state index in [0.29, 0.717) is 17.6 Å². The van der Waals surface area contributed by atoms with Gasteiger partial charge in [-0.3, -0.25) is 4.98 Å². The van der Waals surface area contributed by atoms with Crippen LogP contribution in [0.25, 0.3) is 11.0 Å². The number of nitrogens with one attached hydrogen (secondary N) is 2. The van der Waals surface area contributed by atoms with E-state index in [1.54, 1.807) is 31.5 Å². The number of fused-ring (bicyclic) bond motifs is 1. The van der Waals surface area contributed by atoms with E-state index in [0.717, 1.165) is 12.1 Å². The van der Waals surface area contributed by atoms with Gasteiger partial charge in [-0.05, 0) is 24.6 Å². The highest BCUT2D eigenvalue weighted by atomic mass is 32.2. The van der Waals surface area contributed by atoms with Crippen LogP contribution in [0.2, 0.25) is 0 Å². The van der Waals surface area contributed by atoms with E-state index < -0.39 is 32.9 Å². The van der Waals surface area contributed by atoms with E-state index in [2.05, 4.69) is 35.6 Å². The summed E-state index contributed by atoms with van der Waals surface area (Å²) in [5.41, 5.74) is 0.581. The summed E-state index contributed by atoms with van der Waals surface area (Å²) in [7, 11) is -3.53. The summed E-state index contributed by atoms with van der Waals surface area (Å²) >= 11 is 0. The lowest BCUT2D eigenvalue weighted by atomic mass is 10.2. The fourth-order valence-corrected chi connectivity index (χ4v) is 4.59. The molecule has 0 aliphatic heterocycles. The summed E-state index contributed by atoms with van der Waals surface area (Å²) in [6.07, 6.45) is 6.24. The third-order valence-corrected chi connectivity index (χ3v) is 6.40. The molecule has 33 heavy (non-hydrogen) atoms. The Morgan fingerprint density at radius 1 is 1.00 bits per heavy atom. The fourth-order valence-electron chi connectivity index (χ4n) is 3.13. The average Bonchev–Trinajstić information content (AvgIpc) is 2.79. The Morgan fingerprint density at radius 2 is 1.79 bits per heavy atom. The predicted octanol–water partition coefficient (Wildman–Crippen LogP) is 3.91. The molecular weight excluding hydrogens is 452 g/mol. The van der Waals surface area contributed by atoms with Crippen molar-refractivity contribution in [2.24, 2.45) is 0 Å². The van der Waals surface area contributed by atoms with Crippen molar-refractivity contribution < 1.29 is 17.2 Å². The predicted molar refractivity (Wildman–Crippen MR) is 120 cm³/mol. The Kier molecular flexibility index (Phi) is 6.36. The van der Waals surface area contributed by atoms with E-state index in [1.807, 2.05) is 0 Å². The van der Waals surface area contributed by atoms with Gasteiger partial charge in [0.15, 0.2) is 21.5 Å². The Hall–Kier alpha value is -3.80. The van der Waals surface area contributed by atoms with Crippen molar-refractivity contribution in [3.63, 3.8) is 0 Å². The highest BCUT2D eigenvalue weighted by molar-refractivity contribution is 7.90. The number of sulfone groups is 1. The van der Waals surface area contributed by atoms with E-state index in [4.69, 9.17) is 0 Å². The molecule has 0 saturated heterocycles. The second kappa shape index (κ2) is 9.36. The molecule has 170 valence electrons.